The van der Waals surface area contributed by atoms with Gasteiger partial charge >= 0.3 is 0 Å². The van der Waals surface area contributed by atoms with Gasteiger partial charge in [-0.3, -0.25) is 0 Å². The van der Waals surface area contributed by atoms with Crippen molar-refractivity contribution in [2.24, 2.45) is 0 Å². The van der Waals surface area contributed by atoms with Gasteiger partial charge in [0.15, 0.2) is 0 Å². The van der Waals surface area contributed by atoms with Gasteiger partial charge in [0.1, 0.15) is 0 Å². The van der Waals surface area contributed by atoms with Crippen LogP contribution in [-0.2, 0) is 0 Å². The Bertz CT molecular complexity index is 243. The molecule has 118 valence electrons. The summed E-state index contributed by atoms with van der Waals surface area (Å²) in [6.07, 6.45) is 12.5. The molecule has 2 aliphatic rings. The summed E-state index contributed by atoms with van der Waals surface area (Å²) in [7, 11) is 2.30. The van der Waals surface area contributed by atoms with Gasteiger partial charge in [0.25, 0.3) is 0 Å². The van der Waals surface area contributed by atoms with E-state index >= 15 is 0 Å². The SMILES string of the molecule is CC(CC1CCCCCN1)NCCN(C)C1CCCC1. The zero-order valence-electron chi connectivity index (χ0n) is 13.7. The van der Waals surface area contributed by atoms with E-state index in [9.17, 15) is 0 Å². The maximum Gasteiger partial charge on any atom is 0.0107 e. The van der Waals surface area contributed by atoms with Gasteiger partial charge in [-0.25, -0.2) is 0 Å². The molecule has 1 heterocycles. The summed E-state index contributed by atoms with van der Waals surface area (Å²) in [5.41, 5.74) is 0. The summed E-state index contributed by atoms with van der Waals surface area (Å²) >= 11 is 0. The van der Waals surface area contributed by atoms with Gasteiger partial charge < -0.3 is 15.5 Å². The van der Waals surface area contributed by atoms with E-state index < -0.39 is 0 Å². The molecular formula is C17H35N3. The summed E-state index contributed by atoms with van der Waals surface area (Å²) in [5.74, 6) is 0. The molecule has 0 spiro atoms. The Morgan fingerprint density at radius 1 is 1.10 bits per heavy atom. The predicted octanol–water partition coefficient (Wildman–Crippen LogP) is 2.76. The Balaban J connectivity index is 1.55. The van der Waals surface area contributed by atoms with Crippen LogP contribution >= 0.6 is 0 Å². The average molecular weight is 281 g/mol. The average Bonchev–Trinajstić information content (AvgIpc) is 2.85. The number of rotatable bonds is 7. The number of likely N-dealkylation sites (N-methyl/N-ethyl adjacent to an activating group) is 1. The molecule has 1 aliphatic carbocycles. The molecule has 0 radical (unpaired) electrons. The van der Waals surface area contributed by atoms with Gasteiger partial charge in [-0.2, -0.15) is 0 Å². The number of hydrogen-bond acceptors (Lipinski definition) is 3. The Hall–Kier alpha value is -0.120. The summed E-state index contributed by atoms with van der Waals surface area (Å²) < 4.78 is 0. The Kier molecular flexibility index (Phi) is 7.32. The number of nitrogens with zero attached hydrogens (tertiary/aromatic N) is 1. The van der Waals surface area contributed by atoms with Gasteiger partial charge in [-0.05, 0) is 52.6 Å². The first-order chi connectivity index (χ1) is 9.75. The molecule has 0 aromatic carbocycles. The van der Waals surface area contributed by atoms with E-state index in [4.69, 9.17) is 0 Å². The molecule has 0 aromatic rings. The molecule has 2 N–H and O–H groups in total. The van der Waals surface area contributed by atoms with Crippen molar-refractivity contribution in [1.29, 1.82) is 0 Å². The predicted molar refractivity (Wildman–Crippen MR) is 87.2 cm³/mol. The molecule has 3 nitrogen and oxygen atoms in total. The van der Waals surface area contributed by atoms with E-state index in [1.54, 1.807) is 0 Å². The fraction of sp³-hybridized carbons (Fsp3) is 1.00. The highest BCUT2D eigenvalue weighted by molar-refractivity contribution is 4.78. The summed E-state index contributed by atoms with van der Waals surface area (Å²) in [6.45, 7) is 5.91. The van der Waals surface area contributed by atoms with Gasteiger partial charge in [0.05, 0.1) is 0 Å². The molecule has 1 saturated carbocycles. The van der Waals surface area contributed by atoms with E-state index in [1.165, 1.54) is 70.9 Å². The van der Waals surface area contributed by atoms with Crippen molar-refractivity contribution in [3.8, 4) is 0 Å². The van der Waals surface area contributed by atoms with Crippen LogP contribution in [0.1, 0.15) is 64.7 Å². The minimum absolute atomic E-state index is 0.641. The normalized spacial score (nSPS) is 26.9. The van der Waals surface area contributed by atoms with E-state index in [0.29, 0.717) is 6.04 Å². The molecule has 2 atom stereocenters. The van der Waals surface area contributed by atoms with Crippen LogP contribution in [0.4, 0.5) is 0 Å². The second-order valence-electron chi connectivity index (χ2n) is 7.01. The van der Waals surface area contributed by atoms with Crippen LogP contribution in [-0.4, -0.2) is 49.7 Å². The fourth-order valence-electron chi connectivity index (χ4n) is 3.83. The van der Waals surface area contributed by atoms with Crippen molar-refractivity contribution in [2.75, 3.05) is 26.7 Å². The molecule has 2 rings (SSSR count). The maximum atomic E-state index is 3.72. The molecule has 3 heteroatoms. The van der Waals surface area contributed by atoms with Crippen LogP contribution in [0.5, 0.6) is 0 Å². The van der Waals surface area contributed by atoms with Crippen molar-refractivity contribution in [3.05, 3.63) is 0 Å². The summed E-state index contributed by atoms with van der Waals surface area (Å²) in [5, 5.41) is 7.43. The Labute approximate surface area is 125 Å². The van der Waals surface area contributed by atoms with Crippen molar-refractivity contribution in [2.45, 2.75) is 82.8 Å². The first-order valence-corrected chi connectivity index (χ1v) is 8.92. The molecule has 0 amide bonds. The van der Waals surface area contributed by atoms with Gasteiger partial charge in [0.2, 0.25) is 0 Å². The summed E-state index contributed by atoms with van der Waals surface area (Å²) in [6, 6.07) is 2.24. The zero-order valence-corrected chi connectivity index (χ0v) is 13.7. The zero-order chi connectivity index (χ0) is 14.2. The first-order valence-electron chi connectivity index (χ1n) is 8.92. The highest BCUT2D eigenvalue weighted by Crippen LogP contribution is 2.21. The molecular weight excluding hydrogens is 246 g/mol. The monoisotopic (exact) mass is 281 g/mol. The Morgan fingerprint density at radius 2 is 1.85 bits per heavy atom. The third-order valence-electron chi connectivity index (χ3n) is 5.21. The molecule has 20 heavy (non-hydrogen) atoms. The lowest BCUT2D eigenvalue weighted by atomic mass is 10.0. The van der Waals surface area contributed by atoms with Gasteiger partial charge in [-0.15, -0.1) is 0 Å². The Morgan fingerprint density at radius 3 is 2.65 bits per heavy atom. The van der Waals surface area contributed by atoms with Crippen LogP contribution in [0, 0.1) is 0 Å². The second kappa shape index (κ2) is 9.01. The lowest BCUT2D eigenvalue weighted by Gasteiger charge is -2.26. The van der Waals surface area contributed by atoms with E-state index in [-0.39, 0.29) is 0 Å². The minimum Gasteiger partial charge on any atom is -0.314 e. The lowest BCUT2D eigenvalue weighted by Crippen LogP contribution is -2.41. The van der Waals surface area contributed by atoms with Gasteiger partial charge in [-0.1, -0.05) is 25.7 Å². The third-order valence-corrected chi connectivity index (χ3v) is 5.21. The molecule has 0 bridgehead atoms. The highest BCUT2D eigenvalue weighted by Gasteiger charge is 2.19. The third kappa shape index (κ3) is 5.71. The van der Waals surface area contributed by atoms with Crippen LogP contribution in [0.25, 0.3) is 0 Å². The van der Waals surface area contributed by atoms with Crippen molar-refractivity contribution in [3.63, 3.8) is 0 Å². The second-order valence-corrected chi connectivity index (χ2v) is 7.01. The van der Waals surface area contributed by atoms with E-state index in [1.807, 2.05) is 0 Å². The quantitative estimate of drug-likeness (QED) is 0.751. The fourth-order valence-corrected chi connectivity index (χ4v) is 3.83. The standard InChI is InChI=1S/C17H35N3/c1-15(14-16-8-4-3-7-11-19-16)18-12-13-20(2)17-9-5-6-10-17/h15-19H,3-14H2,1-2H3. The van der Waals surface area contributed by atoms with E-state index in [2.05, 4.69) is 29.5 Å². The minimum atomic E-state index is 0.641. The van der Waals surface area contributed by atoms with Crippen molar-refractivity contribution >= 4 is 0 Å². The maximum absolute atomic E-state index is 3.72. The van der Waals surface area contributed by atoms with E-state index in [0.717, 1.165) is 18.6 Å². The van der Waals surface area contributed by atoms with Crippen LogP contribution in [0.3, 0.4) is 0 Å². The van der Waals surface area contributed by atoms with Crippen molar-refractivity contribution < 1.29 is 0 Å². The molecule has 0 aromatic heterocycles. The summed E-state index contributed by atoms with van der Waals surface area (Å²) in [4.78, 5) is 2.57. The van der Waals surface area contributed by atoms with Crippen LogP contribution in [0.15, 0.2) is 0 Å². The largest absolute Gasteiger partial charge is 0.314 e. The topological polar surface area (TPSA) is 27.3 Å². The van der Waals surface area contributed by atoms with Crippen molar-refractivity contribution in [1.82, 2.24) is 15.5 Å². The number of nitrogens with one attached hydrogen (secondary N) is 2. The first kappa shape index (κ1) is 16.3. The molecule has 1 aliphatic heterocycles. The van der Waals surface area contributed by atoms with Crippen LogP contribution < -0.4 is 10.6 Å². The lowest BCUT2D eigenvalue weighted by molar-refractivity contribution is 0.241. The van der Waals surface area contributed by atoms with Crippen LogP contribution in [0.2, 0.25) is 0 Å². The molecule has 1 saturated heterocycles. The smallest absolute Gasteiger partial charge is 0.0107 e. The van der Waals surface area contributed by atoms with Gasteiger partial charge in [0, 0.05) is 31.2 Å². The number of hydrogen-bond donors (Lipinski definition) is 2. The highest BCUT2D eigenvalue weighted by atomic mass is 15.1. The molecule has 2 fully saturated rings. The molecule has 2 unspecified atom stereocenters.